The number of benzene rings is 2. The number of ether oxygens (including phenoxy) is 1. The van der Waals surface area contributed by atoms with E-state index >= 15 is 0 Å². The van der Waals surface area contributed by atoms with Crippen LogP contribution < -0.4 is 10.3 Å². The summed E-state index contributed by atoms with van der Waals surface area (Å²) in [5, 5.41) is 7.40. The number of aromatic nitrogens is 2. The van der Waals surface area contributed by atoms with Crippen LogP contribution in [0.5, 0.6) is 11.5 Å². The largest absolute Gasteiger partial charge is 0.460 e. The number of nitrogens with one attached hydrogen (secondary N) is 1. The summed E-state index contributed by atoms with van der Waals surface area (Å²) in [5.74, 6) is 1.21. The molecular formula is C20H13N3O3. The first kappa shape index (κ1) is 15.7. The Bertz CT molecular complexity index is 1150. The molecule has 0 radical (unpaired) electrons. The van der Waals surface area contributed by atoms with E-state index in [4.69, 9.17) is 15.7 Å². The molecule has 6 heteroatoms. The Morgan fingerprint density at radius 2 is 1.96 bits per heavy atom. The van der Waals surface area contributed by atoms with Gasteiger partial charge in [0.05, 0.1) is 18.5 Å². The van der Waals surface area contributed by atoms with E-state index in [1.165, 1.54) is 6.07 Å². The van der Waals surface area contributed by atoms with Gasteiger partial charge in [0.2, 0.25) is 0 Å². The molecule has 126 valence electrons. The quantitative estimate of drug-likeness (QED) is 0.556. The molecule has 0 amide bonds. The molecule has 2 aromatic heterocycles. The zero-order valence-corrected chi connectivity index (χ0v) is 13.6. The maximum absolute atomic E-state index is 11.1. The van der Waals surface area contributed by atoms with Crippen LogP contribution in [-0.2, 0) is 6.42 Å². The Morgan fingerprint density at radius 3 is 2.69 bits per heavy atom. The van der Waals surface area contributed by atoms with Crippen molar-refractivity contribution in [1.29, 1.82) is 0 Å². The molecule has 0 spiro atoms. The van der Waals surface area contributed by atoms with Gasteiger partial charge in [-0.2, -0.15) is 5.10 Å². The molecule has 0 aliphatic carbocycles. The smallest absolute Gasteiger partial charge is 0.264 e. The number of fused-ring (bicyclic) bond motifs is 1. The summed E-state index contributed by atoms with van der Waals surface area (Å²) < 4.78 is 11.5. The number of hydrogen-bond donors (Lipinski definition) is 1. The number of furan rings is 1. The summed E-state index contributed by atoms with van der Waals surface area (Å²) in [6, 6.07) is 15.8. The molecule has 0 aliphatic heterocycles. The van der Waals surface area contributed by atoms with Crippen LogP contribution in [0.25, 0.3) is 15.8 Å². The van der Waals surface area contributed by atoms with Gasteiger partial charge in [-0.05, 0) is 42.0 Å². The van der Waals surface area contributed by atoms with Gasteiger partial charge < -0.3 is 9.15 Å². The molecule has 0 aliphatic rings. The first-order valence-electron chi connectivity index (χ1n) is 7.91. The minimum atomic E-state index is -0.231. The predicted molar refractivity (Wildman–Crippen MR) is 96.7 cm³/mol. The number of hydrogen-bond acceptors (Lipinski definition) is 4. The van der Waals surface area contributed by atoms with Crippen LogP contribution in [0.4, 0.5) is 5.69 Å². The van der Waals surface area contributed by atoms with Gasteiger partial charge >= 0.3 is 0 Å². The molecule has 1 N–H and O–H groups in total. The van der Waals surface area contributed by atoms with Gasteiger partial charge in [-0.15, -0.1) is 0 Å². The van der Waals surface area contributed by atoms with Gasteiger partial charge in [-0.1, -0.05) is 12.1 Å². The summed E-state index contributed by atoms with van der Waals surface area (Å²) in [6.07, 6.45) is 2.16. The fraction of sp³-hybridized carbons (Fsp3) is 0.0500. The third-order valence-corrected chi connectivity index (χ3v) is 3.89. The van der Waals surface area contributed by atoms with Crippen LogP contribution in [0.3, 0.4) is 0 Å². The maximum atomic E-state index is 11.1. The SMILES string of the molecule is [C-]#[N+]c1ccc(Oc2cc(Cc3ccc(=O)[nH]n3)cc3ccoc23)cc1. The van der Waals surface area contributed by atoms with Crippen LogP contribution in [0, 0.1) is 6.57 Å². The van der Waals surface area contributed by atoms with Crippen molar-refractivity contribution in [3.63, 3.8) is 0 Å². The normalized spacial score (nSPS) is 10.6. The molecule has 2 aromatic carbocycles. The number of rotatable bonds is 4. The van der Waals surface area contributed by atoms with Gasteiger partial charge in [-0.3, -0.25) is 4.79 Å². The summed E-state index contributed by atoms with van der Waals surface area (Å²) in [7, 11) is 0. The van der Waals surface area contributed by atoms with E-state index in [2.05, 4.69) is 15.0 Å². The highest BCUT2D eigenvalue weighted by molar-refractivity contribution is 5.84. The van der Waals surface area contributed by atoms with Gasteiger partial charge in [-0.25, -0.2) is 9.94 Å². The van der Waals surface area contributed by atoms with E-state index in [0.29, 0.717) is 29.2 Å². The molecule has 4 rings (SSSR count). The van der Waals surface area contributed by atoms with Crippen molar-refractivity contribution in [3.05, 3.63) is 93.9 Å². The summed E-state index contributed by atoms with van der Waals surface area (Å²) in [6.45, 7) is 7.01. The fourth-order valence-electron chi connectivity index (χ4n) is 2.68. The van der Waals surface area contributed by atoms with Crippen molar-refractivity contribution in [3.8, 4) is 11.5 Å². The van der Waals surface area contributed by atoms with Crippen molar-refractivity contribution in [1.82, 2.24) is 10.2 Å². The second-order valence-corrected chi connectivity index (χ2v) is 5.73. The Morgan fingerprint density at radius 1 is 1.12 bits per heavy atom. The standard InChI is InChI=1S/C20H13N3O3/c1-21-15-2-5-17(6-3-15)26-18-12-13(10-14-8-9-25-20(14)18)11-16-4-7-19(24)23-22-16/h2-10,12H,11H2,(H,23,24). The van der Waals surface area contributed by atoms with Crippen LogP contribution in [0.1, 0.15) is 11.3 Å². The van der Waals surface area contributed by atoms with Crippen molar-refractivity contribution < 1.29 is 9.15 Å². The third kappa shape index (κ3) is 3.19. The highest BCUT2D eigenvalue weighted by Crippen LogP contribution is 2.33. The number of aromatic amines is 1. The second-order valence-electron chi connectivity index (χ2n) is 5.73. The van der Waals surface area contributed by atoms with E-state index < -0.39 is 0 Å². The minimum absolute atomic E-state index is 0.231. The molecular weight excluding hydrogens is 330 g/mol. The molecule has 0 atom stereocenters. The lowest BCUT2D eigenvalue weighted by Gasteiger charge is -2.09. The monoisotopic (exact) mass is 343 g/mol. The Labute approximate surface area is 148 Å². The average molecular weight is 343 g/mol. The molecule has 26 heavy (non-hydrogen) atoms. The zero-order valence-electron chi connectivity index (χ0n) is 13.6. The first-order chi connectivity index (χ1) is 12.7. The molecule has 0 unspecified atom stereocenters. The lowest BCUT2D eigenvalue weighted by molar-refractivity contribution is 0.472. The molecule has 0 bridgehead atoms. The van der Waals surface area contributed by atoms with Gasteiger partial charge in [0.1, 0.15) is 5.75 Å². The van der Waals surface area contributed by atoms with Crippen LogP contribution in [-0.4, -0.2) is 10.2 Å². The van der Waals surface area contributed by atoms with E-state index in [1.54, 1.807) is 36.6 Å². The van der Waals surface area contributed by atoms with E-state index in [9.17, 15) is 4.79 Å². The van der Waals surface area contributed by atoms with Crippen LogP contribution in [0.2, 0.25) is 0 Å². The number of H-pyrrole nitrogens is 1. The maximum Gasteiger partial charge on any atom is 0.264 e. The molecule has 0 saturated carbocycles. The second kappa shape index (κ2) is 6.57. The molecule has 4 aromatic rings. The molecule has 0 fully saturated rings. The zero-order chi connectivity index (χ0) is 17.9. The van der Waals surface area contributed by atoms with Crippen molar-refractivity contribution in [2.75, 3.05) is 0 Å². The van der Waals surface area contributed by atoms with Crippen molar-refractivity contribution >= 4 is 16.7 Å². The molecule has 6 nitrogen and oxygen atoms in total. The minimum Gasteiger partial charge on any atom is -0.460 e. The van der Waals surface area contributed by atoms with Gasteiger partial charge in [0.15, 0.2) is 17.0 Å². The van der Waals surface area contributed by atoms with Crippen LogP contribution in [0.15, 0.2) is 70.1 Å². The summed E-state index contributed by atoms with van der Waals surface area (Å²) >= 11 is 0. The summed E-state index contributed by atoms with van der Waals surface area (Å²) in [5.41, 5.74) is 2.70. The predicted octanol–water partition coefficient (Wildman–Crippen LogP) is 4.45. The highest BCUT2D eigenvalue weighted by atomic mass is 16.5. The first-order valence-corrected chi connectivity index (χ1v) is 7.91. The van der Waals surface area contributed by atoms with Crippen molar-refractivity contribution in [2.45, 2.75) is 6.42 Å². The topological polar surface area (TPSA) is 72.5 Å². The van der Waals surface area contributed by atoms with E-state index in [1.807, 2.05) is 18.2 Å². The number of nitrogens with zero attached hydrogens (tertiary/aromatic N) is 2. The van der Waals surface area contributed by atoms with Crippen LogP contribution >= 0.6 is 0 Å². The molecule has 2 heterocycles. The van der Waals surface area contributed by atoms with E-state index in [-0.39, 0.29) is 5.56 Å². The highest BCUT2D eigenvalue weighted by Gasteiger charge is 2.11. The molecule has 0 saturated heterocycles. The van der Waals surface area contributed by atoms with Gasteiger partial charge in [0, 0.05) is 17.9 Å². The van der Waals surface area contributed by atoms with Gasteiger partial charge in [0.25, 0.3) is 5.56 Å². The summed E-state index contributed by atoms with van der Waals surface area (Å²) in [4.78, 5) is 14.5. The lowest BCUT2D eigenvalue weighted by atomic mass is 10.1. The Kier molecular flexibility index (Phi) is 3.96. The van der Waals surface area contributed by atoms with E-state index in [0.717, 1.165) is 16.6 Å². The fourth-order valence-corrected chi connectivity index (χ4v) is 2.68. The van der Waals surface area contributed by atoms with Crippen molar-refractivity contribution in [2.24, 2.45) is 0 Å². The third-order valence-electron chi connectivity index (χ3n) is 3.89. The Hall–Kier alpha value is -3.85. The lowest BCUT2D eigenvalue weighted by Crippen LogP contribution is -2.07. The Balaban J connectivity index is 1.68. The average Bonchev–Trinajstić information content (AvgIpc) is 3.13.